The molecule has 8 heteroatoms. The predicted molar refractivity (Wildman–Crippen MR) is 96.4 cm³/mol. The summed E-state index contributed by atoms with van der Waals surface area (Å²) in [6.07, 6.45) is 7.80. The van der Waals surface area contributed by atoms with Crippen LogP contribution in [0.1, 0.15) is 55.7 Å². The summed E-state index contributed by atoms with van der Waals surface area (Å²) in [6.45, 7) is 6.09. The van der Waals surface area contributed by atoms with Crippen molar-refractivity contribution in [2.24, 2.45) is 7.05 Å². The van der Waals surface area contributed by atoms with E-state index in [1.54, 1.807) is 41.5 Å². The molecule has 2 aromatic rings. The zero-order valence-electron chi connectivity index (χ0n) is 15.9. The van der Waals surface area contributed by atoms with Crippen LogP contribution in [0.4, 0.5) is 0 Å². The zero-order chi connectivity index (χ0) is 19.1. The van der Waals surface area contributed by atoms with Gasteiger partial charge in [0.25, 0.3) is 5.91 Å². The highest BCUT2D eigenvalue weighted by atomic mass is 16.2. The lowest BCUT2D eigenvalue weighted by atomic mass is 9.93. The molecule has 1 fully saturated rings. The number of piperidine rings is 1. The molecule has 0 spiro atoms. The lowest BCUT2D eigenvalue weighted by molar-refractivity contribution is -0.136. The second-order valence-corrected chi connectivity index (χ2v) is 7.84. The number of carbonyl (C=O) groups is 2. The lowest BCUT2D eigenvalue weighted by Crippen LogP contribution is -2.51. The third-order valence-electron chi connectivity index (χ3n) is 4.87. The third kappa shape index (κ3) is 3.36. The fourth-order valence-electron chi connectivity index (χ4n) is 3.30. The minimum Gasteiger partial charge on any atom is -0.347 e. The first-order chi connectivity index (χ1) is 12.2. The van der Waals surface area contributed by atoms with Crippen LogP contribution in [0, 0.1) is 0 Å². The van der Waals surface area contributed by atoms with Gasteiger partial charge in [-0.1, -0.05) is 0 Å². The molecule has 1 saturated heterocycles. The molecule has 2 amide bonds. The third-order valence-corrected chi connectivity index (χ3v) is 4.87. The van der Waals surface area contributed by atoms with Crippen molar-refractivity contribution in [1.29, 1.82) is 0 Å². The zero-order valence-corrected chi connectivity index (χ0v) is 15.9. The Morgan fingerprint density at radius 1 is 1.27 bits per heavy atom. The number of aryl methyl sites for hydroxylation is 1. The number of hydrogen-bond acceptors (Lipinski definition) is 4. The minimum absolute atomic E-state index is 0.0715. The van der Waals surface area contributed by atoms with Gasteiger partial charge in [-0.2, -0.15) is 5.10 Å². The largest absolute Gasteiger partial charge is 0.347 e. The monoisotopic (exact) mass is 358 g/mol. The van der Waals surface area contributed by atoms with Crippen LogP contribution in [0.5, 0.6) is 0 Å². The van der Waals surface area contributed by atoms with Gasteiger partial charge in [0.15, 0.2) is 0 Å². The van der Waals surface area contributed by atoms with E-state index in [-0.39, 0.29) is 29.4 Å². The van der Waals surface area contributed by atoms with Crippen LogP contribution in [0.15, 0.2) is 24.9 Å². The summed E-state index contributed by atoms with van der Waals surface area (Å²) >= 11 is 0. The Labute approximate surface area is 153 Å². The fraction of sp³-hybridized carbons (Fsp3) is 0.556. The first-order valence-corrected chi connectivity index (χ1v) is 8.76. The molecule has 2 aromatic heterocycles. The van der Waals surface area contributed by atoms with E-state index < -0.39 is 0 Å². The van der Waals surface area contributed by atoms with E-state index >= 15 is 0 Å². The van der Waals surface area contributed by atoms with Crippen molar-refractivity contribution in [2.45, 2.75) is 51.2 Å². The standard InChI is InChI=1S/C18H26N6O2/c1-18(2,3)24-10-12(8-20-24)17(26)21-13-6-7-15(25)23(5)16(13)14-9-19-11-22(14)4/h8-11,13,16H,6-7H2,1-5H3,(H,21,26)/t13-,16-/m1/s1. The van der Waals surface area contributed by atoms with E-state index in [0.717, 1.165) is 5.69 Å². The van der Waals surface area contributed by atoms with Crippen molar-refractivity contribution in [3.8, 4) is 0 Å². The quantitative estimate of drug-likeness (QED) is 0.900. The van der Waals surface area contributed by atoms with Gasteiger partial charge in [0, 0.05) is 26.7 Å². The van der Waals surface area contributed by atoms with Crippen molar-refractivity contribution in [2.75, 3.05) is 7.05 Å². The molecule has 0 bridgehead atoms. The maximum atomic E-state index is 12.8. The highest BCUT2D eigenvalue weighted by Crippen LogP contribution is 2.30. The maximum absolute atomic E-state index is 12.8. The molecule has 0 unspecified atom stereocenters. The van der Waals surface area contributed by atoms with Crippen LogP contribution in [0.3, 0.4) is 0 Å². The molecule has 3 rings (SSSR count). The summed E-state index contributed by atoms with van der Waals surface area (Å²) in [5, 5.41) is 7.38. The Bertz CT molecular complexity index is 816. The van der Waals surface area contributed by atoms with Gasteiger partial charge in [-0.05, 0) is 27.2 Å². The van der Waals surface area contributed by atoms with Crippen molar-refractivity contribution in [3.63, 3.8) is 0 Å². The molecule has 1 aliphatic heterocycles. The van der Waals surface area contributed by atoms with E-state index in [9.17, 15) is 9.59 Å². The Balaban J connectivity index is 1.82. The molecule has 26 heavy (non-hydrogen) atoms. The number of nitrogens with one attached hydrogen (secondary N) is 1. The number of likely N-dealkylation sites (tertiary alicyclic amines) is 1. The Morgan fingerprint density at radius 2 is 2.00 bits per heavy atom. The van der Waals surface area contributed by atoms with Gasteiger partial charge >= 0.3 is 0 Å². The average Bonchev–Trinajstić information content (AvgIpc) is 3.20. The predicted octanol–water partition coefficient (Wildman–Crippen LogP) is 1.46. The first-order valence-electron chi connectivity index (χ1n) is 8.76. The second kappa shape index (κ2) is 6.59. The number of likely N-dealkylation sites (N-methyl/N-ethyl adjacent to an activating group) is 1. The molecular formula is C18H26N6O2. The van der Waals surface area contributed by atoms with Gasteiger partial charge in [0.1, 0.15) is 0 Å². The van der Waals surface area contributed by atoms with Crippen LogP contribution < -0.4 is 5.32 Å². The molecule has 1 aliphatic rings. The van der Waals surface area contributed by atoms with E-state index in [2.05, 4.69) is 15.4 Å². The average molecular weight is 358 g/mol. The molecule has 0 aromatic carbocycles. The van der Waals surface area contributed by atoms with E-state index in [0.29, 0.717) is 18.4 Å². The van der Waals surface area contributed by atoms with E-state index in [4.69, 9.17) is 0 Å². The van der Waals surface area contributed by atoms with Gasteiger partial charge in [-0.15, -0.1) is 0 Å². The van der Waals surface area contributed by atoms with Crippen LogP contribution in [-0.2, 0) is 17.4 Å². The summed E-state index contributed by atoms with van der Waals surface area (Å²) in [4.78, 5) is 30.8. The highest BCUT2D eigenvalue weighted by Gasteiger charge is 2.37. The molecule has 140 valence electrons. The van der Waals surface area contributed by atoms with Crippen LogP contribution in [0.2, 0.25) is 0 Å². The summed E-state index contributed by atoms with van der Waals surface area (Å²) in [5.41, 5.74) is 1.23. The van der Waals surface area contributed by atoms with Gasteiger partial charge in [-0.3, -0.25) is 14.3 Å². The first kappa shape index (κ1) is 18.2. The van der Waals surface area contributed by atoms with Gasteiger partial charge < -0.3 is 14.8 Å². The summed E-state index contributed by atoms with van der Waals surface area (Å²) in [7, 11) is 3.66. The molecule has 0 radical (unpaired) electrons. The molecule has 0 aliphatic carbocycles. The number of amides is 2. The van der Waals surface area contributed by atoms with Crippen LogP contribution in [-0.4, -0.2) is 49.1 Å². The van der Waals surface area contributed by atoms with Crippen LogP contribution in [0.25, 0.3) is 0 Å². The Hall–Kier alpha value is -2.64. The molecule has 1 N–H and O–H groups in total. The van der Waals surface area contributed by atoms with Crippen molar-refractivity contribution < 1.29 is 9.59 Å². The van der Waals surface area contributed by atoms with Crippen molar-refractivity contribution >= 4 is 11.8 Å². The summed E-state index contributed by atoms with van der Waals surface area (Å²) in [5.74, 6) is -0.109. The normalized spacial score (nSPS) is 21.1. The number of carbonyl (C=O) groups excluding carboxylic acids is 2. The molecule has 8 nitrogen and oxygen atoms in total. The number of nitrogens with zero attached hydrogens (tertiary/aromatic N) is 5. The topological polar surface area (TPSA) is 85.1 Å². The molecule has 3 heterocycles. The minimum atomic E-state index is -0.245. The SMILES string of the molecule is CN1C(=O)CC[C@@H](NC(=O)c2cnn(C(C)(C)C)c2)[C@@H]1c1cncn1C. The van der Waals surface area contributed by atoms with Crippen LogP contribution >= 0.6 is 0 Å². The molecule has 2 atom stereocenters. The van der Waals surface area contributed by atoms with Gasteiger partial charge in [0.05, 0.1) is 47.6 Å². The lowest BCUT2D eigenvalue weighted by Gasteiger charge is -2.39. The van der Waals surface area contributed by atoms with Gasteiger partial charge in [-0.25, -0.2) is 4.98 Å². The molecule has 0 saturated carbocycles. The number of aromatic nitrogens is 4. The Morgan fingerprint density at radius 3 is 2.58 bits per heavy atom. The van der Waals surface area contributed by atoms with E-state index in [1.165, 1.54) is 0 Å². The number of hydrogen-bond donors (Lipinski definition) is 1. The van der Waals surface area contributed by atoms with Crippen molar-refractivity contribution in [1.82, 2.24) is 29.5 Å². The smallest absolute Gasteiger partial charge is 0.254 e. The maximum Gasteiger partial charge on any atom is 0.254 e. The summed E-state index contributed by atoms with van der Waals surface area (Å²) < 4.78 is 3.66. The van der Waals surface area contributed by atoms with E-state index in [1.807, 2.05) is 32.4 Å². The second-order valence-electron chi connectivity index (χ2n) is 7.84. The highest BCUT2D eigenvalue weighted by molar-refractivity contribution is 5.94. The van der Waals surface area contributed by atoms with Crippen molar-refractivity contribution in [3.05, 3.63) is 36.2 Å². The number of rotatable bonds is 3. The Kier molecular flexibility index (Phi) is 4.60. The number of imidazole rings is 1. The fourth-order valence-corrected chi connectivity index (χ4v) is 3.30. The molecular weight excluding hydrogens is 332 g/mol. The summed E-state index contributed by atoms with van der Waals surface area (Å²) in [6, 6.07) is -0.427. The van der Waals surface area contributed by atoms with Gasteiger partial charge in [0.2, 0.25) is 5.91 Å².